The van der Waals surface area contributed by atoms with Crippen LogP contribution in [0.1, 0.15) is 11.1 Å². The lowest BCUT2D eigenvalue weighted by Gasteiger charge is -2.15. The molecule has 3 nitrogen and oxygen atoms in total. The maximum Gasteiger partial charge on any atom is 0.141 e. The van der Waals surface area contributed by atoms with E-state index in [0.717, 1.165) is 30.2 Å². The number of nitrogens with one attached hydrogen (secondary N) is 1. The van der Waals surface area contributed by atoms with Crippen LogP contribution in [-0.4, -0.2) is 19.8 Å². The highest BCUT2D eigenvalue weighted by Crippen LogP contribution is 2.29. The quantitative estimate of drug-likeness (QED) is 0.922. The van der Waals surface area contributed by atoms with E-state index in [-0.39, 0.29) is 6.10 Å². The average molecular weight is 269 g/mol. The van der Waals surface area contributed by atoms with E-state index in [1.807, 2.05) is 24.3 Å². The van der Waals surface area contributed by atoms with Gasteiger partial charge in [-0.25, -0.2) is 0 Å². The van der Waals surface area contributed by atoms with Crippen LogP contribution in [-0.2, 0) is 6.42 Å². The largest absolute Gasteiger partial charge is 0.495 e. The summed E-state index contributed by atoms with van der Waals surface area (Å²) < 4.78 is 11.3. The van der Waals surface area contributed by atoms with Gasteiger partial charge in [0.15, 0.2) is 0 Å². The Morgan fingerprint density at radius 3 is 2.90 bits per heavy atom. The highest BCUT2D eigenvalue weighted by atomic mass is 16.5. The van der Waals surface area contributed by atoms with Crippen molar-refractivity contribution >= 4 is 5.69 Å². The minimum absolute atomic E-state index is 0.178. The van der Waals surface area contributed by atoms with Gasteiger partial charge in [0.25, 0.3) is 0 Å². The second-order valence-electron chi connectivity index (χ2n) is 5.14. The molecule has 2 aromatic rings. The van der Waals surface area contributed by atoms with Crippen LogP contribution in [0.4, 0.5) is 5.69 Å². The Morgan fingerprint density at radius 2 is 2.10 bits per heavy atom. The number of fused-ring (bicyclic) bond motifs is 1. The Bertz CT molecular complexity index is 585. The van der Waals surface area contributed by atoms with Crippen LogP contribution < -0.4 is 14.8 Å². The third kappa shape index (κ3) is 2.57. The van der Waals surface area contributed by atoms with Gasteiger partial charge in [-0.05, 0) is 36.2 Å². The van der Waals surface area contributed by atoms with Crippen molar-refractivity contribution in [2.24, 2.45) is 0 Å². The van der Waals surface area contributed by atoms with Gasteiger partial charge in [0.2, 0.25) is 0 Å². The summed E-state index contributed by atoms with van der Waals surface area (Å²) >= 11 is 0. The summed E-state index contributed by atoms with van der Waals surface area (Å²) in [5.74, 6) is 1.88. The predicted molar refractivity (Wildman–Crippen MR) is 80.8 cm³/mol. The van der Waals surface area contributed by atoms with Gasteiger partial charge < -0.3 is 14.8 Å². The van der Waals surface area contributed by atoms with Crippen LogP contribution in [0.15, 0.2) is 42.5 Å². The molecule has 104 valence electrons. The minimum atomic E-state index is 0.178. The molecule has 0 bridgehead atoms. The first kappa shape index (κ1) is 12.9. The summed E-state index contributed by atoms with van der Waals surface area (Å²) in [4.78, 5) is 0. The van der Waals surface area contributed by atoms with E-state index in [2.05, 4.69) is 30.4 Å². The maximum atomic E-state index is 5.93. The fourth-order valence-corrected chi connectivity index (χ4v) is 2.55. The molecule has 0 aliphatic carbocycles. The molecule has 1 aliphatic heterocycles. The Kier molecular flexibility index (Phi) is 3.50. The zero-order valence-electron chi connectivity index (χ0n) is 11.8. The molecule has 0 amide bonds. The van der Waals surface area contributed by atoms with Gasteiger partial charge in [0.1, 0.15) is 17.6 Å². The monoisotopic (exact) mass is 269 g/mol. The second kappa shape index (κ2) is 5.45. The van der Waals surface area contributed by atoms with E-state index in [9.17, 15) is 0 Å². The van der Waals surface area contributed by atoms with Crippen molar-refractivity contribution in [1.29, 1.82) is 0 Å². The van der Waals surface area contributed by atoms with Gasteiger partial charge in [0.05, 0.1) is 19.3 Å². The first-order chi connectivity index (χ1) is 9.76. The second-order valence-corrected chi connectivity index (χ2v) is 5.14. The smallest absolute Gasteiger partial charge is 0.141 e. The van der Waals surface area contributed by atoms with Crippen molar-refractivity contribution in [2.45, 2.75) is 19.4 Å². The number of rotatable bonds is 4. The summed E-state index contributed by atoms with van der Waals surface area (Å²) in [5.41, 5.74) is 3.52. The van der Waals surface area contributed by atoms with Crippen LogP contribution in [0, 0.1) is 6.92 Å². The molecular formula is C17H19NO2. The van der Waals surface area contributed by atoms with Gasteiger partial charge in [0, 0.05) is 6.42 Å². The van der Waals surface area contributed by atoms with E-state index < -0.39 is 0 Å². The Hall–Kier alpha value is -2.16. The normalized spacial score (nSPS) is 16.4. The lowest BCUT2D eigenvalue weighted by atomic mass is 10.1. The van der Waals surface area contributed by atoms with Crippen molar-refractivity contribution in [3.8, 4) is 11.5 Å². The molecule has 0 fully saturated rings. The van der Waals surface area contributed by atoms with Crippen molar-refractivity contribution < 1.29 is 9.47 Å². The van der Waals surface area contributed by atoms with Gasteiger partial charge >= 0.3 is 0 Å². The van der Waals surface area contributed by atoms with E-state index in [4.69, 9.17) is 9.47 Å². The van der Waals surface area contributed by atoms with Crippen molar-refractivity contribution in [2.75, 3.05) is 19.0 Å². The third-order valence-corrected chi connectivity index (χ3v) is 3.59. The highest BCUT2D eigenvalue weighted by Gasteiger charge is 2.22. The standard InChI is InChI=1S/C17H19NO2/c1-12-7-8-17(19-2)15(9-12)18-11-14-10-13-5-3-4-6-16(13)20-14/h3-9,14,18H,10-11H2,1-2H3. The molecule has 0 spiro atoms. The molecule has 1 unspecified atom stereocenters. The van der Waals surface area contributed by atoms with E-state index >= 15 is 0 Å². The zero-order valence-corrected chi connectivity index (χ0v) is 11.8. The molecule has 20 heavy (non-hydrogen) atoms. The summed E-state index contributed by atoms with van der Waals surface area (Å²) in [7, 11) is 1.69. The number of hydrogen-bond donors (Lipinski definition) is 1. The van der Waals surface area contributed by atoms with Crippen molar-refractivity contribution in [3.63, 3.8) is 0 Å². The number of methoxy groups -OCH3 is 1. The Morgan fingerprint density at radius 1 is 1.25 bits per heavy atom. The third-order valence-electron chi connectivity index (χ3n) is 3.59. The molecule has 0 saturated carbocycles. The van der Waals surface area contributed by atoms with Crippen LogP contribution in [0.3, 0.4) is 0 Å². The molecule has 0 saturated heterocycles. The topological polar surface area (TPSA) is 30.5 Å². The molecule has 3 rings (SSSR count). The molecule has 1 atom stereocenters. The molecule has 1 aliphatic rings. The summed E-state index contributed by atoms with van der Waals surface area (Å²) in [6, 6.07) is 14.4. The first-order valence-corrected chi connectivity index (χ1v) is 6.89. The molecular weight excluding hydrogens is 250 g/mol. The van der Waals surface area contributed by atoms with Crippen molar-refractivity contribution in [3.05, 3.63) is 53.6 Å². The number of para-hydroxylation sites is 1. The lowest BCUT2D eigenvalue weighted by Crippen LogP contribution is -2.24. The molecule has 3 heteroatoms. The maximum absolute atomic E-state index is 5.93. The van der Waals surface area contributed by atoms with Crippen LogP contribution in [0.25, 0.3) is 0 Å². The number of anilines is 1. The fraction of sp³-hybridized carbons (Fsp3) is 0.294. The number of benzene rings is 2. The van der Waals surface area contributed by atoms with Gasteiger partial charge in [-0.1, -0.05) is 24.3 Å². The van der Waals surface area contributed by atoms with E-state index in [0.29, 0.717) is 0 Å². The summed E-state index contributed by atoms with van der Waals surface area (Å²) in [6.07, 6.45) is 1.13. The number of ether oxygens (including phenoxy) is 2. The van der Waals surface area contributed by atoms with Crippen LogP contribution in [0.5, 0.6) is 11.5 Å². The average Bonchev–Trinajstić information content (AvgIpc) is 2.88. The number of aryl methyl sites for hydroxylation is 1. The van der Waals surface area contributed by atoms with E-state index in [1.54, 1.807) is 7.11 Å². The van der Waals surface area contributed by atoms with Gasteiger partial charge in [-0.15, -0.1) is 0 Å². The first-order valence-electron chi connectivity index (χ1n) is 6.89. The van der Waals surface area contributed by atoms with Crippen LogP contribution >= 0.6 is 0 Å². The molecule has 0 aromatic heterocycles. The summed E-state index contributed by atoms with van der Waals surface area (Å²) in [6.45, 7) is 2.85. The summed E-state index contributed by atoms with van der Waals surface area (Å²) in [5, 5.41) is 3.43. The number of hydrogen-bond acceptors (Lipinski definition) is 3. The van der Waals surface area contributed by atoms with E-state index in [1.165, 1.54) is 11.1 Å². The Balaban J connectivity index is 1.65. The molecule has 0 radical (unpaired) electrons. The van der Waals surface area contributed by atoms with Gasteiger partial charge in [-0.2, -0.15) is 0 Å². The van der Waals surface area contributed by atoms with Gasteiger partial charge in [-0.3, -0.25) is 0 Å². The Labute approximate surface area is 119 Å². The zero-order chi connectivity index (χ0) is 13.9. The molecule has 2 aromatic carbocycles. The highest BCUT2D eigenvalue weighted by molar-refractivity contribution is 5.58. The molecule has 1 heterocycles. The molecule has 1 N–H and O–H groups in total. The predicted octanol–water partition coefficient (Wildman–Crippen LogP) is 3.42. The fourth-order valence-electron chi connectivity index (χ4n) is 2.55. The SMILES string of the molecule is COc1ccc(C)cc1NCC1Cc2ccccc2O1. The van der Waals surface area contributed by atoms with Crippen LogP contribution in [0.2, 0.25) is 0 Å². The lowest BCUT2D eigenvalue weighted by molar-refractivity contribution is 0.246. The van der Waals surface area contributed by atoms with Crippen molar-refractivity contribution in [1.82, 2.24) is 0 Å². The minimum Gasteiger partial charge on any atom is -0.495 e.